The fourth-order valence-corrected chi connectivity index (χ4v) is 2.35. The van der Waals surface area contributed by atoms with Crippen molar-refractivity contribution in [3.05, 3.63) is 53.9 Å². The molecule has 7 nitrogen and oxygen atoms in total. The lowest BCUT2D eigenvalue weighted by atomic mass is 10.1. The Hall–Kier alpha value is -3.09. The molecule has 0 bridgehead atoms. The van der Waals surface area contributed by atoms with E-state index in [1.54, 1.807) is 38.6 Å². The minimum absolute atomic E-state index is 0.0770. The second-order valence-corrected chi connectivity index (χ2v) is 5.51. The SMILES string of the molecule is COc1ccc(CCC(=O)NCCNC(=O)c2ccccn2)cc1OC. The van der Waals surface area contributed by atoms with Crippen LogP contribution in [0.2, 0.25) is 0 Å². The summed E-state index contributed by atoms with van der Waals surface area (Å²) in [5.74, 6) is 0.962. The summed E-state index contributed by atoms with van der Waals surface area (Å²) < 4.78 is 10.4. The molecule has 0 radical (unpaired) electrons. The van der Waals surface area contributed by atoms with Gasteiger partial charge < -0.3 is 20.1 Å². The summed E-state index contributed by atoms with van der Waals surface area (Å²) in [7, 11) is 3.16. The summed E-state index contributed by atoms with van der Waals surface area (Å²) in [6.45, 7) is 0.709. The van der Waals surface area contributed by atoms with Crippen molar-refractivity contribution in [3.63, 3.8) is 0 Å². The molecule has 7 heteroatoms. The molecule has 1 aromatic carbocycles. The van der Waals surface area contributed by atoms with Gasteiger partial charge >= 0.3 is 0 Å². The summed E-state index contributed by atoms with van der Waals surface area (Å²) in [6.07, 6.45) is 2.50. The maximum absolute atomic E-state index is 11.9. The van der Waals surface area contributed by atoms with Crippen molar-refractivity contribution < 1.29 is 19.1 Å². The maximum Gasteiger partial charge on any atom is 0.269 e. The first-order valence-electron chi connectivity index (χ1n) is 8.31. The van der Waals surface area contributed by atoms with Crippen molar-refractivity contribution in [2.75, 3.05) is 27.3 Å². The van der Waals surface area contributed by atoms with Gasteiger partial charge in [-0.3, -0.25) is 14.6 Å². The van der Waals surface area contributed by atoms with Crippen LogP contribution in [0.4, 0.5) is 0 Å². The Morgan fingerprint density at radius 2 is 1.77 bits per heavy atom. The Kier molecular flexibility index (Phi) is 7.42. The molecule has 0 atom stereocenters. The average molecular weight is 357 g/mol. The highest BCUT2D eigenvalue weighted by Gasteiger charge is 2.08. The zero-order valence-corrected chi connectivity index (χ0v) is 15.0. The number of rotatable bonds is 9. The highest BCUT2D eigenvalue weighted by molar-refractivity contribution is 5.92. The number of carbonyl (C=O) groups excluding carboxylic acids is 2. The first-order valence-corrected chi connectivity index (χ1v) is 8.31. The van der Waals surface area contributed by atoms with Crippen LogP contribution < -0.4 is 20.1 Å². The number of aromatic nitrogens is 1. The van der Waals surface area contributed by atoms with Crippen molar-refractivity contribution in [2.24, 2.45) is 0 Å². The highest BCUT2D eigenvalue weighted by Crippen LogP contribution is 2.27. The van der Waals surface area contributed by atoms with E-state index in [1.807, 2.05) is 18.2 Å². The van der Waals surface area contributed by atoms with E-state index in [1.165, 1.54) is 0 Å². The summed E-state index contributed by atoms with van der Waals surface area (Å²) in [5.41, 5.74) is 1.34. The van der Waals surface area contributed by atoms with Gasteiger partial charge in [0.25, 0.3) is 5.91 Å². The quantitative estimate of drug-likeness (QED) is 0.665. The Morgan fingerprint density at radius 3 is 2.46 bits per heavy atom. The van der Waals surface area contributed by atoms with E-state index in [0.29, 0.717) is 43.1 Å². The van der Waals surface area contributed by atoms with Crippen LogP contribution >= 0.6 is 0 Å². The second-order valence-electron chi connectivity index (χ2n) is 5.51. The highest BCUT2D eigenvalue weighted by atomic mass is 16.5. The van der Waals surface area contributed by atoms with Crippen LogP contribution in [-0.4, -0.2) is 44.1 Å². The van der Waals surface area contributed by atoms with Crippen LogP contribution in [0.25, 0.3) is 0 Å². The molecule has 26 heavy (non-hydrogen) atoms. The van der Waals surface area contributed by atoms with E-state index in [0.717, 1.165) is 5.56 Å². The third-order valence-corrected chi connectivity index (χ3v) is 3.72. The summed E-state index contributed by atoms with van der Waals surface area (Å²) in [6, 6.07) is 10.7. The van der Waals surface area contributed by atoms with E-state index >= 15 is 0 Å². The second kappa shape index (κ2) is 10.0. The van der Waals surface area contributed by atoms with Crippen molar-refractivity contribution >= 4 is 11.8 Å². The number of nitrogens with zero attached hydrogens (tertiary/aromatic N) is 1. The van der Waals surface area contributed by atoms with Gasteiger partial charge in [-0.05, 0) is 36.2 Å². The first kappa shape index (κ1) is 19.2. The molecule has 0 saturated carbocycles. The number of methoxy groups -OCH3 is 2. The molecule has 0 aliphatic rings. The molecule has 2 aromatic rings. The van der Waals surface area contributed by atoms with Gasteiger partial charge in [0.1, 0.15) is 5.69 Å². The Labute approximate surface area is 152 Å². The van der Waals surface area contributed by atoms with E-state index in [2.05, 4.69) is 15.6 Å². The molecule has 2 rings (SSSR count). The number of nitrogens with one attached hydrogen (secondary N) is 2. The van der Waals surface area contributed by atoms with Gasteiger partial charge in [-0.15, -0.1) is 0 Å². The minimum Gasteiger partial charge on any atom is -0.493 e. The summed E-state index contributed by atoms with van der Waals surface area (Å²) in [5, 5.41) is 5.49. The number of amides is 2. The van der Waals surface area contributed by atoms with Crippen molar-refractivity contribution in [1.82, 2.24) is 15.6 Å². The van der Waals surface area contributed by atoms with Crippen molar-refractivity contribution in [3.8, 4) is 11.5 Å². The standard InChI is InChI=1S/C19H23N3O4/c1-25-16-8-6-14(13-17(16)26-2)7-9-18(23)21-11-12-22-19(24)15-5-3-4-10-20-15/h3-6,8,10,13H,7,9,11-12H2,1-2H3,(H,21,23)(H,22,24). The normalized spacial score (nSPS) is 10.1. The number of ether oxygens (including phenoxy) is 2. The van der Waals surface area contributed by atoms with E-state index < -0.39 is 0 Å². The predicted octanol–water partition coefficient (Wildman–Crippen LogP) is 1.58. The fraction of sp³-hybridized carbons (Fsp3) is 0.316. The van der Waals surface area contributed by atoms with Crippen molar-refractivity contribution in [1.29, 1.82) is 0 Å². The van der Waals surface area contributed by atoms with Crippen LogP contribution in [-0.2, 0) is 11.2 Å². The molecule has 138 valence electrons. The molecular weight excluding hydrogens is 334 g/mol. The Balaban J connectivity index is 1.68. The molecule has 0 saturated heterocycles. The monoisotopic (exact) mass is 357 g/mol. The van der Waals surface area contributed by atoms with Gasteiger partial charge in [0.05, 0.1) is 14.2 Å². The molecule has 2 N–H and O–H groups in total. The smallest absolute Gasteiger partial charge is 0.269 e. The minimum atomic E-state index is -0.259. The van der Waals surface area contributed by atoms with Crippen LogP contribution in [0, 0.1) is 0 Å². The van der Waals surface area contributed by atoms with Crippen LogP contribution in [0.15, 0.2) is 42.6 Å². The van der Waals surface area contributed by atoms with Gasteiger partial charge in [0.15, 0.2) is 11.5 Å². The fourth-order valence-electron chi connectivity index (χ4n) is 2.35. The van der Waals surface area contributed by atoms with Crippen LogP contribution in [0.1, 0.15) is 22.5 Å². The van der Waals surface area contributed by atoms with E-state index in [9.17, 15) is 9.59 Å². The Bertz CT molecular complexity index is 735. The topological polar surface area (TPSA) is 89.6 Å². The molecule has 2 amide bonds. The largest absolute Gasteiger partial charge is 0.493 e. The zero-order valence-electron chi connectivity index (χ0n) is 15.0. The third kappa shape index (κ3) is 5.77. The number of benzene rings is 1. The zero-order chi connectivity index (χ0) is 18.8. The molecule has 0 spiro atoms. The summed E-state index contributed by atoms with van der Waals surface area (Å²) >= 11 is 0. The lowest BCUT2D eigenvalue weighted by Gasteiger charge is -2.10. The first-order chi connectivity index (χ1) is 12.6. The molecular formula is C19H23N3O4. The van der Waals surface area contributed by atoms with Gasteiger partial charge in [-0.1, -0.05) is 12.1 Å². The van der Waals surface area contributed by atoms with Gasteiger partial charge in [-0.2, -0.15) is 0 Å². The number of hydrogen-bond acceptors (Lipinski definition) is 5. The number of hydrogen-bond donors (Lipinski definition) is 2. The summed E-state index contributed by atoms with van der Waals surface area (Å²) in [4.78, 5) is 27.7. The van der Waals surface area contributed by atoms with E-state index in [4.69, 9.17) is 9.47 Å². The third-order valence-electron chi connectivity index (χ3n) is 3.72. The van der Waals surface area contributed by atoms with E-state index in [-0.39, 0.29) is 11.8 Å². The van der Waals surface area contributed by atoms with Crippen molar-refractivity contribution in [2.45, 2.75) is 12.8 Å². The predicted molar refractivity (Wildman–Crippen MR) is 97.4 cm³/mol. The molecule has 0 aliphatic heterocycles. The van der Waals surface area contributed by atoms with Crippen LogP contribution in [0.3, 0.4) is 0 Å². The van der Waals surface area contributed by atoms with Crippen LogP contribution in [0.5, 0.6) is 11.5 Å². The average Bonchev–Trinajstić information content (AvgIpc) is 2.69. The number of pyridine rings is 1. The maximum atomic E-state index is 11.9. The van der Waals surface area contributed by atoms with Gasteiger partial charge in [-0.25, -0.2) is 0 Å². The number of aryl methyl sites for hydroxylation is 1. The Morgan fingerprint density at radius 1 is 1.00 bits per heavy atom. The molecule has 0 fully saturated rings. The van der Waals surface area contributed by atoms with Gasteiger partial charge in [0.2, 0.25) is 5.91 Å². The number of carbonyl (C=O) groups is 2. The molecule has 0 unspecified atom stereocenters. The molecule has 0 aliphatic carbocycles. The van der Waals surface area contributed by atoms with Gasteiger partial charge in [0, 0.05) is 25.7 Å². The molecule has 1 aromatic heterocycles. The lowest BCUT2D eigenvalue weighted by molar-refractivity contribution is -0.121. The molecule has 1 heterocycles. The lowest BCUT2D eigenvalue weighted by Crippen LogP contribution is -2.35.